The molecule has 5 heteroatoms. The van der Waals surface area contributed by atoms with Gasteiger partial charge < -0.3 is 4.57 Å². The maximum Gasteiger partial charge on any atom is 0.238 e. The maximum atomic E-state index is 5.52. The van der Waals surface area contributed by atoms with Crippen LogP contribution < -0.4 is 0 Å². The van der Waals surface area contributed by atoms with Gasteiger partial charge >= 0.3 is 0 Å². The first-order chi connectivity index (χ1) is 33.7. The third kappa shape index (κ3) is 5.86. The van der Waals surface area contributed by atoms with E-state index in [0.717, 1.165) is 66.3 Å². The van der Waals surface area contributed by atoms with Gasteiger partial charge in [0.15, 0.2) is 11.6 Å². The van der Waals surface area contributed by atoms with Gasteiger partial charge in [-0.2, -0.15) is 9.97 Å². The minimum Gasteiger partial charge on any atom is -0.309 e. The highest BCUT2D eigenvalue weighted by molar-refractivity contribution is 6.26. The lowest BCUT2D eigenvalue weighted by Crippen LogP contribution is -2.08. The van der Waals surface area contributed by atoms with Crippen LogP contribution in [0, 0.1) is 0 Å². The van der Waals surface area contributed by atoms with Crippen LogP contribution in [0.25, 0.3) is 133 Å². The second-order valence-electron chi connectivity index (χ2n) is 17.5. The number of hydrogen-bond donors (Lipinski definition) is 0. The van der Waals surface area contributed by atoms with Crippen LogP contribution in [0.1, 0.15) is 0 Å². The van der Waals surface area contributed by atoms with Crippen molar-refractivity contribution < 1.29 is 0 Å². The third-order valence-corrected chi connectivity index (χ3v) is 13.8. The molecule has 0 saturated heterocycles. The van der Waals surface area contributed by atoms with E-state index in [2.05, 4.69) is 246 Å². The summed E-state index contributed by atoms with van der Waals surface area (Å²) >= 11 is 0. The SMILES string of the molecule is c1ccc(-c2ccc3c(c2)c2ccccc2n3-c2nc(-c3ccccc3-c3ccc4c5ccccc5c5ccccc5c4c3)nc(-c3ccccc3-n3c4ccccc4c4ccccc43)n2)cc1. The van der Waals surface area contributed by atoms with Crippen molar-refractivity contribution in [3.8, 4) is 56.7 Å². The lowest BCUT2D eigenvalue weighted by atomic mass is 9.91. The lowest BCUT2D eigenvalue weighted by Gasteiger charge is -2.16. The standard InChI is InChI=1S/C63H39N5/c1-2-18-40(19-3-1)41-35-37-60-55(38-41)51-27-12-16-32-58(51)68(60)63-65-61(64-62(66-63)53-29-13-17-33-59(53)67-56-30-14-10-25-49(56)50-26-11-15-31-57(50)67)52-28-9-4-20-43(52)42-34-36-48-46-23-6-5-21-44(46)45-22-7-8-24-47(45)54(48)39-42/h1-39H. The predicted molar refractivity (Wildman–Crippen MR) is 283 cm³/mol. The zero-order valence-electron chi connectivity index (χ0n) is 36.8. The van der Waals surface area contributed by atoms with E-state index in [-0.39, 0.29) is 0 Å². The molecule has 0 aliphatic rings. The molecular formula is C63H39N5. The third-order valence-electron chi connectivity index (χ3n) is 13.8. The highest BCUT2D eigenvalue weighted by atomic mass is 15.2. The molecule has 0 N–H and O–H groups in total. The Bertz CT molecular complexity index is 4240. The van der Waals surface area contributed by atoms with Gasteiger partial charge in [-0.1, -0.05) is 188 Å². The van der Waals surface area contributed by atoms with E-state index in [1.807, 2.05) is 0 Å². The summed E-state index contributed by atoms with van der Waals surface area (Å²) in [4.78, 5) is 16.6. The summed E-state index contributed by atoms with van der Waals surface area (Å²) in [5.41, 5.74) is 11.6. The van der Waals surface area contributed by atoms with Gasteiger partial charge in [-0.25, -0.2) is 4.98 Å². The van der Waals surface area contributed by atoms with Crippen molar-refractivity contribution in [3.63, 3.8) is 0 Å². The first-order valence-electron chi connectivity index (χ1n) is 23.1. The molecular weight excluding hydrogens is 827 g/mol. The monoisotopic (exact) mass is 865 g/mol. The van der Waals surface area contributed by atoms with Crippen LogP contribution in [0.3, 0.4) is 0 Å². The minimum absolute atomic E-state index is 0.548. The fourth-order valence-electron chi connectivity index (χ4n) is 10.7. The number of hydrogen-bond acceptors (Lipinski definition) is 3. The molecule has 0 saturated carbocycles. The second-order valence-corrected chi connectivity index (χ2v) is 17.5. The van der Waals surface area contributed by atoms with Crippen LogP contribution in [0.5, 0.6) is 0 Å². The Balaban J connectivity index is 1.04. The molecule has 5 nitrogen and oxygen atoms in total. The summed E-state index contributed by atoms with van der Waals surface area (Å²) in [5, 5.41) is 12.1. The van der Waals surface area contributed by atoms with E-state index >= 15 is 0 Å². The molecule has 0 aliphatic carbocycles. The van der Waals surface area contributed by atoms with E-state index in [4.69, 9.17) is 15.0 Å². The summed E-state index contributed by atoms with van der Waals surface area (Å²) in [6, 6.07) is 84.5. The van der Waals surface area contributed by atoms with Gasteiger partial charge in [-0.15, -0.1) is 0 Å². The first kappa shape index (κ1) is 38.1. The summed E-state index contributed by atoms with van der Waals surface area (Å²) in [6.07, 6.45) is 0. The van der Waals surface area contributed by atoms with E-state index in [1.54, 1.807) is 0 Å². The molecule has 3 heterocycles. The summed E-state index contributed by atoms with van der Waals surface area (Å²) < 4.78 is 4.57. The van der Waals surface area contributed by atoms with Crippen LogP contribution in [-0.4, -0.2) is 24.1 Å². The van der Waals surface area contributed by atoms with E-state index < -0.39 is 0 Å². The fourth-order valence-corrected chi connectivity index (χ4v) is 10.7. The summed E-state index contributed by atoms with van der Waals surface area (Å²) in [5.74, 6) is 1.72. The largest absolute Gasteiger partial charge is 0.309 e. The minimum atomic E-state index is 0.548. The number of aromatic nitrogens is 5. The Morgan fingerprint density at radius 2 is 0.662 bits per heavy atom. The van der Waals surface area contributed by atoms with Gasteiger partial charge in [0.25, 0.3) is 0 Å². The highest BCUT2D eigenvalue weighted by Gasteiger charge is 2.23. The Kier molecular flexibility index (Phi) is 8.52. The van der Waals surface area contributed by atoms with Crippen molar-refractivity contribution in [2.24, 2.45) is 0 Å². The van der Waals surface area contributed by atoms with Crippen LogP contribution in [0.2, 0.25) is 0 Å². The quantitative estimate of drug-likeness (QED) is 0.156. The van der Waals surface area contributed by atoms with Gasteiger partial charge in [0.2, 0.25) is 5.95 Å². The molecule has 0 aliphatic heterocycles. The maximum absolute atomic E-state index is 5.52. The zero-order chi connectivity index (χ0) is 44.7. The first-order valence-corrected chi connectivity index (χ1v) is 23.1. The highest BCUT2D eigenvalue weighted by Crippen LogP contribution is 2.41. The van der Waals surface area contributed by atoms with Crippen LogP contribution in [0.15, 0.2) is 237 Å². The summed E-state index contributed by atoms with van der Waals surface area (Å²) in [7, 11) is 0. The zero-order valence-corrected chi connectivity index (χ0v) is 36.8. The van der Waals surface area contributed by atoms with Crippen molar-refractivity contribution >= 4 is 75.9 Å². The van der Waals surface area contributed by atoms with Crippen molar-refractivity contribution in [1.29, 1.82) is 0 Å². The molecule has 0 unspecified atom stereocenters. The molecule has 316 valence electrons. The molecule has 68 heavy (non-hydrogen) atoms. The molecule has 3 aromatic heterocycles. The molecule has 0 radical (unpaired) electrons. The van der Waals surface area contributed by atoms with Crippen LogP contribution in [0.4, 0.5) is 0 Å². The van der Waals surface area contributed by atoms with Gasteiger partial charge in [0.05, 0.1) is 27.8 Å². The molecule has 0 atom stereocenters. The topological polar surface area (TPSA) is 48.5 Å². The lowest BCUT2D eigenvalue weighted by molar-refractivity contribution is 0.952. The molecule has 11 aromatic carbocycles. The van der Waals surface area contributed by atoms with Gasteiger partial charge in [-0.3, -0.25) is 4.57 Å². The van der Waals surface area contributed by atoms with E-state index in [1.165, 1.54) is 48.7 Å². The predicted octanol–water partition coefficient (Wildman–Crippen LogP) is 16.2. The smallest absolute Gasteiger partial charge is 0.238 e. The molecule has 14 rings (SSSR count). The Labute approximate surface area is 391 Å². The van der Waals surface area contributed by atoms with Gasteiger partial charge in [-0.05, 0) is 103 Å². The average Bonchev–Trinajstić information content (AvgIpc) is 3.93. The number of para-hydroxylation sites is 4. The normalized spacial score (nSPS) is 11.8. The Morgan fingerprint density at radius 3 is 1.31 bits per heavy atom. The molecule has 0 amide bonds. The molecule has 0 fully saturated rings. The number of rotatable bonds is 6. The average molecular weight is 866 g/mol. The Hall–Kier alpha value is -9.19. The molecule has 14 aromatic rings. The van der Waals surface area contributed by atoms with Gasteiger partial charge in [0, 0.05) is 32.7 Å². The van der Waals surface area contributed by atoms with E-state index in [9.17, 15) is 0 Å². The van der Waals surface area contributed by atoms with Crippen molar-refractivity contribution in [3.05, 3.63) is 237 Å². The molecule has 0 spiro atoms. The number of benzene rings is 11. The van der Waals surface area contributed by atoms with Crippen molar-refractivity contribution in [2.45, 2.75) is 0 Å². The summed E-state index contributed by atoms with van der Waals surface area (Å²) in [6.45, 7) is 0. The fraction of sp³-hybridized carbons (Fsp3) is 0. The second kappa shape index (κ2) is 15.2. The van der Waals surface area contributed by atoms with Crippen molar-refractivity contribution in [1.82, 2.24) is 24.1 Å². The van der Waals surface area contributed by atoms with Crippen LogP contribution >= 0.6 is 0 Å². The van der Waals surface area contributed by atoms with Crippen molar-refractivity contribution in [2.75, 3.05) is 0 Å². The number of nitrogens with zero attached hydrogens (tertiary/aromatic N) is 5. The van der Waals surface area contributed by atoms with Gasteiger partial charge in [0.1, 0.15) is 0 Å². The number of fused-ring (bicyclic) bond motifs is 12. The Morgan fingerprint density at radius 1 is 0.235 bits per heavy atom. The van der Waals surface area contributed by atoms with Crippen LogP contribution in [-0.2, 0) is 0 Å². The van der Waals surface area contributed by atoms with E-state index in [0.29, 0.717) is 17.6 Å². The molecule has 0 bridgehead atoms.